The van der Waals surface area contributed by atoms with Gasteiger partial charge in [-0.3, -0.25) is 0 Å². The van der Waals surface area contributed by atoms with Crippen LogP contribution in [0, 0.1) is 0 Å². The summed E-state index contributed by atoms with van der Waals surface area (Å²) < 4.78 is 5.45. The van der Waals surface area contributed by atoms with Crippen LogP contribution in [0.3, 0.4) is 0 Å². The number of hydrogen-bond donors (Lipinski definition) is 0. The van der Waals surface area contributed by atoms with Crippen LogP contribution in [0.2, 0.25) is 10.0 Å². The Morgan fingerprint density at radius 2 is 1.72 bits per heavy atom. The summed E-state index contributed by atoms with van der Waals surface area (Å²) in [4.78, 5) is 0. The highest BCUT2D eigenvalue weighted by Gasteiger charge is 2.26. The molecule has 18 heavy (non-hydrogen) atoms. The molecule has 1 aromatic carbocycles. The molecular weight excluding hydrogens is 269 g/mol. The first-order chi connectivity index (χ1) is 8.75. The first kappa shape index (κ1) is 12.1. The van der Waals surface area contributed by atoms with Gasteiger partial charge in [-0.1, -0.05) is 53.3 Å². The Morgan fingerprint density at radius 3 is 2.39 bits per heavy atom. The maximum absolute atomic E-state index is 6.39. The Kier molecular flexibility index (Phi) is 3.31. The van der Waals surface area contributed by atoms with Crippen molar-refractivity contribution in [3.05, 3.63) is 40.1 Å². The third-order valence-corrected chi connectivity index (χ3v) is 4.12. The van der Waals surface area contributed by atoms with Gasteiger partial charge in [-0.25, -0.2) is 0 Å². The topological polar surface area (TPSA) is 26.0 Å². The van der Waals surface area contributed by atoms with Crippen molar-refractivity contribution in [2.45, 2.75) is 31.6 Å². The van der Waals surface area contributed by atoms with Gasteiger partial charge in [0.2, 0.25) is 0 Å². The lowest BCUT2D eigenvalue weighted by Crippen LogP contribution is -1.89. The zero-order valence-corrected chi connectivity index (χ0v) is 11.3. The van der Waals surface area contributed by atoms with Crippen molar-refractivity contribution in [3.8, 4) is 11.3 Å². The van der Waals surface area contributed by atoms with Crippen LogP contribution in [-0.4, -0.2) is 5.16 Å². The summed E-state index contributed by atoms with van der Waals surface area (Å²) >= 11 is 12.3. The molecule has 1 aliphatic rings. The molecule has 0 aliphatic heterocycles. The number of hydrogen-bond acceptors (Lipinski definition) is 2. The first-order valence-corrected chi connectivity index (χ1v) is 6.92. The highest BCUT2D eigenvalue weighted by Crippen LogP contribution is 2.41. The molecule has 0 bridgehead atoms. The summed E-state index contributed by atoms with van der Waals surface area (Å²) in [5.41, 5.74) is 1.66. The van der Waals surface area contributed by atoms with E-state index in [1.165, 1.54) is 12.8 Å². The molecule has 3 rings (SSSR count). The maximum atomic E-state index is 6.39. The minimum Gasteiger partial charge on any atom is -0.359 e. The Bertz CT molecular complexity index is 541. The highest BCUT2D eigenvalue weighted by atomic mass is 35.5. The lowest BCUT2D eigenvalue weighted by molar-refractivity contribution is 0.362. The molecule has 1 aromatic heterocycles. The molecule has 1 saturated carbocycles. The van der Waals surface area contributed by atoms with Gasteiger partial charge < -0.3 is 4.52 Å². The molecule has 0 N–H and O–H groups in total. The summed E-state index contributed by atoms with van der Waals surface area (Å²) in [6.07, 6.45) is 4.79. The number of rotatable bonds is 2. The minimum absolute atomic E-state index is 0.436. The summed E-state index contributed by atoms with van der Waals surface area (Å²) in [7, 11) is 0. The number of halogens is 2. The average Bonchev–Trinajstić information content (AvgIpc) is 2.99. The molecule has 0 unspecified atom stereocenters. The predicted molar refractivity (Wildman–Crippen MR) is 73.2 cm³/mol. The number of aromatic nitrogens is 1. The fourth-order valence-electron chi connectivity index (χ4n) is 2.52. The molecule has 1 aliphatic carbocycles. The molecule has 4 heteroatoms. The van der Waals surface area contributed by atoms with Gasteiger partial charge in [0.05, 0.1) is 0 Å². The second-order valence-corrected chi connectivity index (χ2v) is 5.51. The molecule has 0 spiro atoms. The van der Waals surface area contributed by atoms with E-state index in [2.05, 4.69) is 5.16 Å². The first-order valence-electron chi connectivity index (χ1n) is 6.16. The lowest BCUT2D eigenvalue weighted by atomic mass is 10.0. The van der Waals surface area contributed by atoms with Gasteiger partial charge in [0, 0.05) is 16.5 Å². The molecular formula is C14H13Cl2NO. The molecule has 1 heterocycles. The molecule has 0 radical (unpaired) electrons. The summed E-state index contributed by atoms with van der Waals surface area (Å²) in [6, 6.07) is 7.48. The standard InChI is InChI=1S/C14H13Cl2NO/c15-11-7-5-9(6-8-11)13-12(16)14(18-17-13)10-3-1-2-4-10/h5-8,10H,1-4H2. The maximum Gasteiger partial charge on any atom is 0.159 e. The summed E-state index contributed by atoms with van der Waals surface area (Å²) in [5, 5.41) is 5.47. The van der Waals surface area contributed by atoms with Crippen LogP contribution in [0.5, 0.6) is 0 Å². The van der Waals surface area contributed by atoms with Crippen LogP contribution in [0.1, 0.15) is 37.4 Å². The van der Waals surface area contributed by atoms with Gasteiger partial charge in [0.25, 0.3) is 0 Å². The van der Waals surface area contributed by atoms with Gasteiger partial charge in [0.15, 0.2) is 5.76 Å². The number of nitrogens with zero attached hydrogens (tertiary/aromatic N) is 1. The zero-order valence-electron chi connectivity index (χ0n) is 9.83. The third-order valence-electron chi connectivity index (χ3n) is 3.50. The van der Waals surface area contributed by atoms with E-state index in [9.17, 15) is 0 Å². The Morgan fingerprint density at radius 1 is 1.06 bits per heavy atom. The molecule has 0 atom stereocenters. The van der Waals surface area contributed by atoms with Crippen molar-refractivity contribution in [2.75, 3.05) is 0 Å². The SMILES string of the molecule is Clc1ccc(-c2noc(C3CCCC3)c2Cl)cc1. The van der Waals surface area contributed by atoms with Gasteiger partial charge in [-0.15, -0.1) is 0 Å². The normalized spacial score (nSPS) is 16.3. The van der Waals surface area contributed by atoms with Crippen LogP contribution in [-0.2, 0) is 0 Å². The molecule has 0 amide bonds. The molecule has 2 nitrogen and oxygen atoms in total. The van der Waals surface area contributed by atoms with Crippen LogP contribution in [0.15, 0.2) is 28.8 Å². The van der Waals surface area contributed by atoms with Crippen LogP contribution in [0.25, 0.3) is 11.3 Å². The van der Waals surface area contributed by atoms with Crippen LogP contribution < -0.4 is 0 Å². The zero-order chi connectivity index (χ0) is 12.5. The van der Waals surface area contributed by atoms with Crippen molar-refractivity contribution >= 4 is 23.2 Å². The van der Waals surface area contributed by atoms with Crippen LogP contribution >= 0.6 is 23.2 Å². The summed E-state index contributed by atoms with van der Waals surface area (Å²) in [5.74, 6) is 1.28. The smallest absolute Gasteiger partial charge is 0.159 e. The minimum atomic E-state index is 0.436. The summed E-state index contributed by atoms with van der Waals surface area (Å²) in [6.45, 7) is 0. The molecule has 1 fully saturated rings. The van der Waals surface area contributed by atoms with E-state index in [0.29, 0.717) is 16.0 Å². The largest absolute Gasteiger partial charge is 0.359 e. The quantitative estimate of drug-likeness (QED) is 0.746. The monoisotopic (exact) mass is 281 g/mol. The van der Waals surface area contributed by atoms with E-state index < -0.39 is 0 Å². The van der Waals surface area contributed by atoms with E-state index in [-0.39, 0.29) is 0 Å². The van der Waals surface area contributed by atoms with Crippen molar-refractivity contribution < 1.29 is 4.52 Å². The van der Waals surface area contributed by atoms with Gasteiger partial charge in [-0.05, 0) is 25.0 Å². The van der Waals surface area contributed by atoms with E-state index in [1.807, 2.05) is 24.3 Å². The van der Waals surface area contributed by atoms with E-state index in [0.717, 1.165) is 29.9 Å². The van der Waals surface area contributed by atoms with E-state index in [4.69, 9.17) is 27.7 Å². The third kappa shape index (κ3) is 2.15. The fraction of sp³-hybridized carbons (Fsp3) is 0.357. The fourth-order valence-corrected chi connectivity index (χ4v) is 2.98. The van der Waals surface area contributed by atoms with Crippen molar-refractivity contribution in [3.63, 3.8) is 0 Å². The lowest BCUT2D eigenvalue weighted by Gasteiger charge is -2.03. The molecule has 94 valence electrons. The second kappa shape index (κ2) is 4.94. The number of benzene rings is 1. The Labute approximate surface area is 116 Å². The van der Waals surface area contributed by atoms with Gasteiger partial charge in [0.1, 0.15) is 10.7 Å². The van der Waals surface area contributed by atoms with Gasteiger partial charge in [-0.2, -0.15) is 0 Å². The van der Waals surface area contributed by atoms with Gasteiger partial charge >= 0.3 is 0 Å². The highest BCUT2D eigenvalue weighted by molar-refractivity contribution is 6.33. The molecule has 2 aromatic rings. The Balaban J connectivity index is 1.96. The van der Waals surface area contributed by atoms with Crippen molar-refractivity contribution in [1.29, 1.82) is 0 Å². The van der Waals surface area contributed by atoms with Crippen LogP contribution in [0.4, 0.5) is 0 Å². The Hall–Kier alpha value is -0.990. The van der Waals surface area contributed by atoms with Crippen molar-refractivity contribution in [1.82, 2.24) is 5.16 Å². The van der Waals surface area contributed by atoms with E-state index in [1.54, 1.807) is 0 Å². The molecule has 0 saturated heterocycles. The average molecular weight is 282 g/mol. The van der Waals surface area contributed by atoms with E-state index >= 15 is 0 Å². The predicted octanol–water partition coefficient (Wildman–Crippen LogP) is 5.31. The van der Waals surface area contributed by atoms with Crippen molar-refractivity contribution in [2.24, 2.45) is 0 Å². The second-order valence-electron chi connectivity index (χ2n) is 4.70.